The lowest BCUT2D eigenvalue weighted by Gasteiger charge is -2.10. The van der Waals surface area contributed by atoms with Gasteiger partial charge < -0.3 is 4.98 Å². The third-order valence-corrected chi connectivity index (χ3v) is 5.23. The molecule has 0 aliphatic rings. The van der Waals surface area contributed by atoms with Gasteiger partial charge in [0.25, 0.3) is 10.0 Å². The molecule has 5 nitrogen and oxygen atoms in total. The molecule has 116 valence electrons. The number of aromatic nitrogens is 1. The van der Waals surface area contributed by atoms with Crippen molar-refractivity contribution < 1.29 is 8.42 Å². The maximum Gasteiger partial charge on any atom is 0.262 e. The van der Waals surface area contributed by atoms with E-state index in [9.17, 15) is 8.42 Å². The van der Waals surface area contributed by atoms with Crippen molar-refractivity contribution in [3.63, 3.8) is 0 Å². The first-order chi connectivity index (χ1) is 10.9. The molecule has 0 radical (unpaired) electrons. The molecular formula is C15H9Cl2N3O2S. The van der Waals surface area contributed by atoms with Gasteiger partial charge in [0.2, 0.25) is 0 Å². The lowest BCUT2D eigenvalue weighted by atomic mass is 10.2. The van der Waals surface area contributed by atoms with Crippen LogP contribution in [0.4, 0.5) is 5.69 Å². The van der Waals surface area contributed by atoms with Crippen LogP contribution in [0.25, 0.3) is 10.9 Å². The minimum absolute atomic E-state index is 0.00250. The van der Waals surface area contributed by atoms with Gasteiger partial charge in [-0.25, -0.2) is 8.42 Å². The Bertz CT molecular complexity index is 1050. The zero-order valence-electron chi connectivity index (χ0n) is 11.5. The number of benzene rings is 2. The van der Waals surface area contributed by atoms with E-state index in [-0.39, 0.29) is 10.5 Å². The molecule has 0 atom stereocenters. The Kier molecular flexibility index (Phi) is 3.94. The molecule has 8 heteroatoms. The third-order valence-electron chi connectivity index (χ3n) is 3.25. The number of hydrogen-bond acceptors (Lipinski definition) is 3. The van der Waals surface area contributed by atoms with Crippen LogP contribution < -0.4 is 4.72 Å². The maximum absolute atomic E-state index is 12.5. The molecule has 0 fully saturated rings. The predicted molar refractivity (Wildman–Crippen MR) is 90.3 cm³/mol. The summed E-state index contributed by atoms with van der Waals surface area (Å²) in [5.41, 5.74) is 1.07. The summed E-state index contributed by atoms with van der Waals surface area (Å²) < 4.78 is 27.5. The summed E-state index contributed by atoms with van der Waals surface area (Å²) in [5, 5.41) is 10.3. The number of nitriles is 1. The number of sulfonamides is 1. The summed E-state index contributed by atoms with van der Waals surface area (Å²) in [7, 11) is -3.85. The van der Waals surface area contributed by atoms with Gasteiger partial charge in [-0.05, 0) is 30.3 Å². The van der Waals surface area contributed by atoms with Crippen molar-refractivity contribution in [3.05, 3.63) is 58.2 Å². The van der Waals surface area contributed by atoms with Crippen LogP contribution in [-0.2, 0) is 10.0 Å². The lowest BCUT2D eigenvalue weighted by Crippen LogP contribution is -2.13. The second-order valence-corrected chi connectivity index (χ2v) is 7.22. The second kappa shape index (κ2) is 5.78. The van der Waals surface area contributed by atoms with Crippen LogP contribution in [0.5, 0.6) is 0 Å². The molecule has 0 bridgehead atoms. The molecule has 0 spiro atoms. The summed E-state index contributed by atoms with van der Waals surface area (Å²) in [5.74, 6) is 0. The van der Waals surface area contributed by atoms with Gasteiger partial charge in [-0.15, -0.1) is 0 Å². The van der Waals surface area contributed by atoms with Crippen molar-refractivity contribution in [3.8, 4) is 6.07 Å². The van der Waals surface area contributed by atoms with Crippen LogP contribution in [-0.4, -0.2) is 13.4 Å². The SMILES string of the molecule is N#Cc1cccc(S(=O)(=O)Nc2ccc(Cl)c3c(Cl)c[nH]c23)c1. The molecule has 0 unspecified atom stereocenters. The fraction of sp³-hybridized carbons (Fsp3) is 0. The normalized spacial score (nSPS) is 11.3. The summed E-state index contributed by atoms with van der Waals surface area (Å²) in [6.07, 6.45) is 1.53. The van der Waals surface area contributed by atoms with Crippen molar-refractivity contribution in [1.29, 1.82) is 5.26 Å². The Hall–Kier alpha value is -2.20. The molecular weight excluding hydrogens is 357 g/mol. The summed E-state index contributed by atoms with van der Waals surface area (Å²) in [6.45, 7) is 0. The highest BCUT2D eigenvalue weighted by Gasteiger charge is 2.18. The Balaban J connectivity index is 2.08. The summed E-state index contributed by atoms with van der Waals surface area (Å²) >= 11 is 12.1. The van der Waals surface area contributed by atoms with E-state index in [1.54, 1.807) is 12.1 Å². The van der Waals surface area contributed by atoms with Gasteiger partial charge in [-0.1, -0.05) is 29.3 Å². The molecule has 3 aromatic rings. The largest absolute Gasteiger partial charge is 0.358 e. The van der Waals surface area contributed by atoms with Crippen LogP contribution in [0.15, 0.2) is 47.5 Å². The second-order valence-electron chi connectivity index (χ2n) is 4.73. The number of nitrogens with one attached hydrogen (secondary N) is 2. The van der Waals surface area contributed by atoms with Gasteiger partial charge in [0, 0.05) is 11.6 Å². The first-order valence-corrected chi connectivity index (χ1v) is 8.64. The minimum Gasteiger partial charge on any atom is -0.358 e. The highest BCUT2D eigenvalue weighted by Crippen LogP contribution is 2.35. The Morgan fingerprint density at radius 3 is 2.65 bits per heavy atom. The number of hydrogen-bond donors (Lipinski definition) is 2. The molecule has 1 heterocycles. The predicted octanol–water partition coefficient (Wildman–Crippen LogP) is 4.15. The van der Waals surface area contributed by atoms with Crippen LogP contribution in [0.3, 0.4) is 0 Å². The number of rotatable bonds is 3. The van der Waals surface area contributed by atoms with E-state index in [0.717, 1.165) is 0 Å². The zero-order chi connectivity index (χ0) is 16.6. The number of H-pyrrole nitrogens is 1. The van der Waals surface area contributed by atoms with Gasteiger partial charge in [0.05, 0.1) is 37.8 Å². The monoisotopic (exact) mass is 365 g/mol. The van der Waals surface area contributed by atoms with Gasteiger partial charge in [0.1, 0.15) is 0 Å². The number of nitrogens with zero attached hydrogens (tertiary/aromatic N) is 1. The minimum atomic E-state index is -3.85. The van der Waals surface area contributed by atoms with Crippen molar-refractivity contribution in [1.82, 2.24) is 4.98 Å². The standard InChI is InChI=1S/C15H9Cl2N3O2S/c16-11-4-5-13(15-14(11)12(17)8-19-15)20-23(21,22)10-3-1-2-9(6-10)7-18/h1-6,8,19-20H. The smallest absolute Gasteiger partial charge is 0.262 e. The number of aromatic amines is 1. The fourth-order valence-electron chi connectivity index (χ4n) is 2.19. The highest BCUT2D eigenvalue weighted by atomic mass is 35.5. The van der Waals surface area contributed by atoms with Crippen LogP contribution in [0, 0.1) is 11.3 Å². The first-order valence-electron chi connectivity index (χ1n) is 6.40. The maximum atomic E-state index is 12.5. The molecule has 3 rings (SSSR count). The van der Waals surface area contributed by atoms with Crippen LogP contribution >= 0.6 is 23.2 Å². The Morgan fingerprint density at radius 1 is 1.13 bits per heavy atom. The molecule has 0 aliphatic heterocycles. The molecule has 1 aromatic heterocycles. The van der Waals surface area contributed by atoms with Crippen LogP contribution in [0.1, 0.15) is 5.56 Å². The average molecular weight is 366 g/mol. The molecule has 2 aromatic carbocycles. The zero-order valence-corrected chi connectivity index (χ0v) is 13.8. The first kappa shape index (κ1) is 15.7. The molecule has 0 aliphatic carbocycles. The van der Waals surface area contributed by atoms with E-state index in [1.807, 2.05) is 6.07 Å². The van der Waals surface area contributed by atoms with E-state index in [0.29, 0.717) is 26.6 Å². The summed E-state index contributed by atoms with van der Waals surface area (Å²) in [6, 6.07) is 10.8. The third kappa shape index (κ3) is 2.86. The average Bonchev–Trinajstić information content (AvgIpc) is 2.93. The Morgan fingerprint density at radius 2 is 1.91 bits per heavy atom. The molecule has 23 heavy (non-hydrogen) atoms. The van der Waals surface area contributed by atoms with E-state index < -0.39 is 10.0 Å². The van der Waals surface area contributed by atoms with Crippen LogP contribution in [0.2, 0.25) is 10.0 Å². The molecule has 0 saturated carbocycles. The quantitative estimate of drug-likeness (QED) is 0.730. The van der Waals surface area contributed by atoms with Crippen molar-refractivity contribution in [2.24, 2.45) is 0 Å². The number of fused-ring (bicyclic) bond motifs is 1. The van der Waals surface area contributed by atoms with Gasteiger partial charge in [-0.3, -0.25) is 4.72 Å². The van der Waals surface area contributed by atoms with Gasteiger partial charge in [0.15, 0.2) is 0 Å². The fourth-order valence-corrected chi connectivity index (χ4v) is 3.87. The van der Waals surface area contributed by atoms with Crippen molar-refractivity contribution in [2.75, 3.05) is 4.72 Å². The van der Waals surface area contributed by atoms with Gasteiger partial charge in [-0.2, -0.15) is 5.26 Å². The van der Waals surface area contributed by atoms with E-state index in [2.05, 4.69) is 9.71 Å². The highest BCUT2D eigenvalue weighted by molar-refractivity contribution is 7.92. The van der Waals surface area contributed by atoms with E-state index >= 15 is 0 Å². The molecule has 0 saturated heterocycles. The van der Waals surface area contributed by atoms with Crippen molar-refractivity contribution >= 4 is 49.8 Å². The molecule has 0 amide bonds. The van der Waals surface area contributed by atoms with E-state index in [1.165, 1.54) is 30.5 Å². The molecule has 2 N–H and O–H groups in total. The summed E-state index contributed by atoms with van der Waals surface area (Å²) in [4.78, 5) is 2.90. The lowest BCUT2D eigenvalue weighted by molar-refractivity contribution is 0.601. The topological polar surface area (TPSA) is 85.8 Å². The Labute approximate surface area is 142 Å². The van der Waals surface area contributed by atoms with Gasteiger partial charge >= 0.3 is 0 Å². The van der Waals surface area contributed by atoms with E-state index in [4.69, 9.17) is 28.5 Å². The number of anilines is 1. The van der Waals surface area contributed by atoms with Crippen molar-refractivity contribution in [2.45, 2.75) is 4.90 Å². The number of halogens is 2.